The molecule has 2 fully saturated rings. The fraction of sp³-hybridized carbons (Fsp3) is 0.533. The van der Waals surface area contributed by atoms with Gasteiger partial charge < -0.3 is 15.0 Å². The number of cyclic esters (lactones) is 1. The van der Waals surface area contributed by atoms with Crippen LogP contribution < -0.4 is 5.32 Å². The lowest BCUT2D eigenvalue weighted by atomic mass is 10.0. The first kappa shape index (κ1) is 12.5. The van der Waals surface area contributed by atoms with E-state index in [2.05, 4.69) is 10.2 Å². The highest BCUT2D eigenvalue weighted by atomic mass is 16.6. The Kier molecular flexibility index (Phi) is 3.69. The Hall–Kier alpha value is -1.55. The van der Waals surface area contributed by atoms with Gasteiger partial charge in [0.15, 0.2) is 6.10 Å². The van der Waals surface area contributed by atoms with Gasteiger partial charge in [-0.2, -0.15) is 0 Å². The third-order valence-corrected chi connectivity index (χ3v) is 3.93. The maximum atomic E-state index is 11.5. The molecule has 0 unspecified atom stereocenters. The molecular formula is C15H20N2O2. The van der Waals surface area contributed by atoms with E-state index in [4.69, 9.17) is 4.74 Å². The molecule has 3 rings (SSSR count). The fourth-order valence-corrected chi connectivity index (χ4v) is 2.96. The van der Waals surface area contributed by atoms with E-state index in [0.29, 0.717) is 0 Å². The van der Waals surface area contributed by atoms with Crippen LogP contribution in [0.25, 0.3) is 0 Å². The van der Waals surface area contributed by atoms with Gasteiger partial charge in [-0.15, -0.1) is 0 Å². The van der Waals surface area contributed by atoms with Crippen molar-refractivity contribution < 1.29 is 9.53 Å². The third kappa shape index (κ3) is 2.89. The van der Waals surface area contributed by atoms with Crippen LogP contribution in [0.5, 0.6) is 0 Å². The minimum atomic E-state index is -0.295. The van der Waals surface area contributed by atoms with E-state index in [0.717, 1.165) is 25.2 Å². The normalized spacial score (nSPS) is 27.9. The van der Waals surface area contributed by atoms with Crippen molar-refractivity contribution in [3.63, 3.8) is 0 Å². The number of carbonyl (C=O) groups excluding carboxylic acids is 1. The van der Waals surface area contributed by atoms with Gasteiger partial charge in [0.1, 0.15) is 0 Å². The number of nitrogens with zero attached hydrogens (tertiary/aromatic N) is 1. The van der Waals surface area contributed by atoms with Crippen molar-refractivity contribution >= 4 is 6.09 Å². The minimum Gasteiger partial charge on any atom is -0.439 e. The number of nitrogens with one attached hydrogen (secondary N) is 1. The first-order valence-corrected chi connectivity index (χ1v) is 7.07. The van der Waals surface area contributed by atoms with Gasteiger partial charge in [0.05, 0.1) is 6.04 Å². The number of benzene rings is 1. The molecular weight excluding hydrogens is 240 g/mol. The Morgan fingerprint density at radius 3 is 2.63 bits per heavy atom. The largest absolute Gasteiger partial charge is 0.439 e. The topological polar surface area (TPSA) is 41.6 Å². The summed E-state index contributed by atoms with van der Waals surface area (Å²) < 4.78 is 5.42. The van der Waals surface area contributed by atoms with Crippen molar-refractivity contribution in [1.29, 1.82) is 0 Å². The van der Waals surface area contributed by atoms with Crippen molar-refractivity contribution in [3.05, 3.63) is 35.9 Å². The summed E-state index contributed by atoms with van der Waals surface area (Å²) in [7, 11) is 0. The summed E-state index contributed by atoms with van der Waals surface area (Å²) in [5.74, 6) is 0. The molecule has 0 aromatic heterocycles. The fourth-order valence-electron chi connectivity index (χ4n) is 2.96. The van der Waals surface area contributed by atoms with Gasteiger partial charge in [0.2, 0.25) is 0 Å². The highest BCUT2D eigenvalue weighted by Crippen LogP contribution is 2.27. The lowest BCUT2D eigenvalue weighted by Gasteiger charge is -2.30. The molecule has 1 aromatic rings. The van der Waals surface area contributed by atoms with E-state index < -0.39 is 0 Å². The third-order valence-electron chi connectivity index (χ3n) is 3.93. The quantitative estimate of drug-likeness (QED) is 0.907. The van der Waals surface area contributed by atoms with E-state index in [1.807, 2.05) is 30.3 Å². The molecule has 0 bridgehead atoms. The minimum absolute atomic E-state index is 0.0630. The summed E-state index contributed by atoms with van der Waals surface area (Å²) in [5.41, 5.74) is 1.07. The van der Waals surface area contributed by atoms with Gasteiger partial charge in [0.25, 0.3) is 0 Å². The molecule has 102 valence electrons. The number of alkyl carbamates (subject to hydrolysis) is 1. The maximum absolute atomic E-state index is 11.5. The molecule has 4 nitrogen and oxygen atoms in total. The highest BCUT2D eigenvalue weighted by Gasteiger charge is 2.36. The monoisotopic (exact) mass is 260 g/mol. The van der Waals surface area contributed by atoms with Crippen LogP contribution in [0, 0.1) is 0 Å². The Morgan fingerprint density at radius 1 is 1.16 bits per heavy atom. The molecule has 2 heterocycles. The van der Waals surface area contributed by atoms with Crippen molar-refractivity contribution in [1.82, 2.24) is 10.2 Å². The summed E-state index contributed by atoms with van der Waals surface area (Å²) in [6.45, 7) is 3.15. The van der Waals surface area contributed by atoms with Crippen LogP contribution in [0.1, 0.15) is 30.9 Å². The standard InChI is InChI=1S/C15H20N2O2/c18-15-16-13(11-17-9-5-2-6-10-17)14(19-15)12-7-3-1-4-8-12/h1,3-4,7-8,13-14H,2,5-6,9-11H2,(H,16,18)/t13-,14-/m1/s1. The number of amides is 1. The van der Waals surface area contributed by atoms with Crippen LogP contribution in [-0.4, -0.2) is 36.7 Å². The van der Waals surface area contributed by atoms with Crippen molar-refractivity contribution in [2.24, 2.45) is 0 Å². The SMILES string of the molecule is O=C1N[C@H](CN2CCCCC2)[C@@H](c2ccccc2)O1. The molecule has 4 heteroatoms. The van der Waals surface area contributed by atoms with E-state index in [1.54, 1.807) is 0 Å². The van der Waals surface area contributed by atoms with Gasteiger partial charge in [-0.3, -0.25) is 0 Å². The van der Waals surface area contributed by atoms with Gasteiger partial charge in [-0.25, -0.2) is 4.79 Å². The highest BCUT2D eigenvalue weighted by molar-refractivity contribution is 5.70. The Balaban J connectivity index is 1.69. The first-order chi connectivity index (χ1) is 9.33. The average Bonchev–Trinajstić information content (AvgIpc) is 2.82. The molecule has 0 saturated carbocycles. The van der Waals surface area contributed by atoms with Gasteiger partial charge in [-0.1, -0.05) is 36.8 Å². The predicted molar refractivity (Wildman–Crippen MR) is 72.9 cm³/mol. The average molecular weight is 260 g/mol. The second-order valence-corrected chi connectivity index (χ2v) is 5.35. The van der Waals surface area contributed by atoms with E-state index in [1.165, 1.54) is 19.3 Å². The lowest BCUT2D eigenvalue weighted by molar-refractivity contribution is 0.119. The summed E-state index contributed by atoms with van der Waals surface area (Å²) in [6.07, 6.45) is 3.40. The molecule has 1 N–H and O–H groups in total. The summed E-state index contributed by atoms with van der Waals surface area (Å²) >= 11 is 0. The lowest BCUT2D eigenvalue weighted by Crippen LogP contribution is -2.42. The van der Waals surface area contributed by atoms with Gasteiger partial charge in [0, 0.05) is 6.54 Å². The summed E-state index contributed by atoms with van der Waals surface area (Å²) in [6, 6.07) is 10.1. The number of carbonyl (C=O) groups is 1. The van der Waals surface area contributed by atoms with Crippen molar-refractivity contribution in [3.8, 4) is 0 Å². The van der Waals surface area contributed by atoms with Crippen LogP contribution in [0.4, 0.5) is 4.79 Å². The molecule has 2 aliphatic heterocycles. The zero-order valence-electron chi connectivity index (χ0n) is 11.0. The number of likely N-dealkylation sites (tertiary alicyclic amines) is 1. The molecule has 1 amide bonds. The number of hydrogen-bond donors (Lipinski definition) is 1. The molecule has 0 spiro atoms. The Bertz CT molecular complexity index is 429. The Labute approximate surface area is 113 Å². The van der Waals surface area contributed by atoms with Crippen LogP contribution in [0.15, 0.2) is 30.3 Å². The van der Waals surface area contributed by atoms with E-state index in [9.17, 15) is 4.79 Å². The number of hydrogen-bond acceptors (Lipinski definition) is 3. The number of piperidine rings is 1. The van der Waals surface area contributed by atoms with Gasteiger partial charge >= 0.3 is 6.09 Å². The van der Waals surface area contributed by atoms with Crippen LogP contribution >= 0.6 is 0 Å². The zero-order valence-corrected chi connectivity index (χ0v) is 11.0. The molecule has 0 radical (unpaired) electrons. The van der Waals surface area contributed by atoms with Gasteiger partial charge in [-0.05, 0) is 31.5 Å². The van der Waals surface area contributed by atoms with E-state index in [-0.39, 0.29) is 18.2 Å². The van der Waals surface area contributed by atoms with E-state index >= 15 is 0 Å². The summed E-state index contributed by atoms with van der Waals surface area (Å²) in [4.78, 5) is 14.0. The van der Waals surface area contributed by atoms with Crippen molar-refractivity contribution in [2.75, 3.05) is 19.6 Å². The first-order valence-electron chi connectivity index (χ1n) is 7.07. The molecule has 2 atom stereocenters. The smallest absolute Gasteiger partial charge is 0.408 e. The van der Waals surface area contributed by atoms with Crippen molar-refractivity contribution in [2.45, 2.75) is 31.4 Å². The van der Waals surface area contributed by atoms with Crippen LogP contribution in [0.3, 0.4) is 0 Å². The summed E-state index contributed by atoms with van der Waals surface area (Å²) in [5, 5.41) is 2.95. The molecule has 1 aromatic carbocycles. The maximum Gasteiger partial charge on any atom is 0.408 e. The van der Waals surface area contributed by atoms with Crippen LogP contribution in [0.2, 0.25) is 0 Å². The molecule has 2 saturated heterocycles. The second kappa shape index (κ2) is 5.61. The second-order valence-electron chi connectivity index (χ2n) is 5.35. The molecule has 2 aliphatic rings. The number of rotatable bonds is 3. The van der Waals surface area contributed by atoms with Crippen LogP contribution in [-0.2, 0) is 4.74 Å². The zero-order chi connectivity index (χ0) is 13.1. The Morgan fingerprint density at radius 2 is 1.89 bits per heavy atom. The predicted octanol–water partition coefficient (Wildman–Crippen LogP) is 2.32. The molecule has 0 aliphatic carbocycles. The number of ether oxygens (including phenoxy) is 1. The molecule has 19 heavy (non-hydrogen) atoms.